The minimum absolute atomic E-state index is 0.103. The molecule has 1 atom stereocenters. The second-order valence-corrected chi connectivity index (χ2v) is 4.91. The van der Waals surface area contributed by atoms with E-state index in [0.29, 0.717) is 13.2 Å². The molecule has 0 aliphatic rings. The predicted octanol–water partition coefficient (Wildman–Crippen LogP) is 3.63. The molecule has 0 amide bonds. The highest BCUT2D eigenvalue weighted by Crippen LogP contribution is 2.07. The standard InChI is InChI=1S/C15H30O4/c1-3-5-6-7-10-18-11-8-12-19-14(9-4-2)13-15(16)17/h14H,3-13H2,1-2H3,(H,16,17). The first-order valence-corrected chi connectivity index (χ1v) is 7.61. The lowest BCUT2D eigenvalue weighted by Crippen LogP contribution is -2.18. The summed E-state index contributed by atoms with van der Waals surface area (Å²) in [5.74, 6) is -0.786. The number of carbonyl (C=O) groups is 1. The largest absolute Gasteiger partial charge is 0.481 e. The normalized spacial score (nSPS) is 12.5. The summed E-state index contributed by atoms with van der Waals surface area (Å²) in [6.45, 7) is 6.36. The van der Waals surface area contributed by atoms with Crippen LogP contribution in [0.4, 0.5) is 0 Å². The van der Waals surface area contributed by atoms with Crippen LogP contribution in [0.2, 0.25) is 0 Å². The van der Waals surface area contributed by atoms with Crippen LogP contribution in [-0.2, 0) is 14.3 Å². The topological polar surface area (TPSA) is 55.8 Å². The Morgan fingerprint density at radius 1 is 1.00 bits per heavy atom. The van der Waals surface area contributed by atoms with Crippen LogP contribution in [0, 0.1) is 0 Å². The molecule has 1 N–H and O–H groups in total. The second kappa shape index (κ2) is 13.8. The molecule has 0 radical (unpaired) electrons. The Balaban J connectivity index is 3.36. The molecular weight excluding hydrogens is 244 g/mol. The van der Waals surface area contributed by atoms with Gasteiger partial charge in [0.05, 0.1) is 12.5 Å². The summed E-state index contributed by atoms with van der Waals surface area (Å²) in [5, 5.41) is 8.75. The van der Waals surface area contributed by atoms with Crippen LogP contribution in [0.1, 0.15) is 65.2 Å². The molecule has 0 aromatic carbocycles. The maximum Gasteiger partial charge on any atom is 0.305 e. The molecule has 0 saturated carbocycles. The zero-order valence-electron chi connectivity index (χ0n) is 12.5. The molecule has 4 heteroatoms. The summed E-state index contributed by atoms with van der Waals surface area (Å²) in [7, 11) is 0. The number of hydrogen-bond acceptors (Lipinski definition) is 3. The van der Waals surface area contributed by atoms with Gasteiger partial charge >= 0.3 is 5.97 Å². The molecular formula is C15H30O4. The van der Waals surface area contributed by atoms with E-state index in [1.807, 2.05) is 6.92 Å². The van der Waals surface area contributed by atoms with Gasteiger partial charge in [-0.15, -0.1) is 0 Å². The van der Waals surface area contributed by atoms with Crippen molar-refractivity contribution < 1.29 is 19.4 Å². The Morgan fingerprint density at radius 2 is 1.74 bits per heavy atom. The second-order valence-electron chi connectivity index (χ2n) is 4.91. The highest BCUT2D eigenvalue weighted by molar-refractivity contribution is 5.67. The molecule has 0 aromatic heterocycles. The highest BCUT2D eigenvalue weighted by atomic mass is 16.5. The van der Waals surface area contributed by atoms with Gasteiger partial charge < -0.3 is 14.6 Å². The zero-order valence-corrected chi connectivity index (χ0v) is 12.5. The molecule has 19 heavy (non-hydrogen) atoms. The van der Waals surface area contributed by atoms with Crippen LogP contribution in [0.25, 0.3) is 0 Å². The van der Waals surface area contributed by atoms with Gasteiger partial charge in [0, 0.05) is 19.8 Å². The van der Waals surface area contributed by atoms with Gasteiger partial charge in [-0.25, -0.2) is 0 Å². The molecule has 0 rings (SSSR count). The van der Waals surface area contributed by atoms with Crippen molar-refractivity contribution in [2.75, 3.05) is 19.8 Å². The first-order valence-electron chi connectivity index (χ1n) is 7.61. The fraction of sp³-hybridized carbons (Fsp3) is 0.933. The Morgan fingerprint density at radius 3 is 2.37 bits per heavy atom. The Hall–Kier alpha value is -0.610. The quantitative estimate of drug-likeness (QED) is 0.491. The number of carboxylic acids is 1. The fourth-order valence-electron chi connectivity index (χ4n) is 1.91. The van der Waals surface area contributed by atoms with E-state index in [1.165, 1.54) is 19.3 Å². The lowest BCUT2D eigenvalue weighted by Gasteiger charge is -2.15. The molecule has 114 valence electrons. The number of ether oxygens (including phenoxy) is 2. The summed E-state index contributed by atoms with van der Waals surface area (Å²) >= 11 is 0. The van der Waals surface area contributed by atoms with E-state index in [0.717, 1.165) is 32.3 Å². The van der Waals surface area contributed by atoms with Crippen LogP contribution >= 0.6 is 0 Å². The molecule has 0 bridgehead atoms. The summed E-state index contributed by atoms with van der Waals surface area (Å²) in [5.41, 5.74) is 0. The van der Waals surface area contributed by atoms with E-state index in [2.05, 4.69) is 6.92 Å². The third-order valence-corrected chi connectivity index (χ3v) is 2.94. The van der Waals surface area contributed by atoms with Crippen molar-refractivity contribution >= 4 is 5.97 Å². The fourth-order valence-corrected chi connectivity index (χ4v) is 1.91. The Kier molecular flexibility index (Phi) is 13.4. The Labute approximate surface area is 117 Å². The van der Waals surface area contributed by atoms with Crippen molar-refractivity contribution in [2.24, 2.45) is 0 Å². The molecule has 4 nitrogen and oxygen atoms in total. The molecule has 0 aliphatic carbocycles. The average Bonchev–Trinajstić information content (AvgIpc) is 2.36. The monoisotopic (exact) mass is 274 g/mol. The van der Waals surface area contributed by atoms with E-state index in [-0.39, 0.29) is 12.5 Å². The van der Waals surface area contributed by atoms with Crippen LogP contribution in [0.15, 0.2) is 0 Å². The summed E-state index contributed by atoms with van der Waals surface area (Å²) in [4.78, 5) is 10.6. The Bertz CT molecular complexity index is 206. The van der Waals surface area contributed by atoms with Crippen LogP contribution < -0.4 is 0 Å². The van der Waals surface area contributed by atoms with Crippen molar-refractivity contribution in [1.82, 2.24) is 0 Å². The molecule has 0 saturated heterocycles. The van der Waals surface area contributed by atoms with E-state index in [1.54, 1.807) is 0 Å². The number of hydrogen-bond donors (Lipinski definition) is 1. The van der Waals surface area contributed by atoms with Crippen molar-refractivity contribution in [3.63, 3.8) is 0 Å². The number of carboxylic acid groups (broad SMARTS) is 1. The smallest absolute Gasteiger partial charge is 0.305 e. The third-order valence-electron chi connectivity index (χ3n) is 2.94. The SMILES string of the molecule is CCCCCCOCCCOC(CCC)CC(=O)O. The summed E-state index contributed by atoms with van der Waals surface area (Å²) in [6, 6.07) is 0. The van der Waals surface area contributed by atoms with E-state index in [4.69, 9.17) is 14.6 Å². The number of unbranched alkanes of at least 4 members (excludes halogenated alkanes) is 3. The molecule has 0 aliphatic heterocycles. The van der Waals surface area contributed by atoms with Crippen LogP contribution in [0.5, 0.6) is 0 Å². The van der Waals surface area contributed by atoms with Gasteiger partial charge in [-0.3, -0.25) is 4.79 Å². The third kappa shape index (κ3) is 13.6. The minimum Gasteiger partial charge on any atom is -0.481 e. The van der Waals surface area contributed by atoms with E-state index < -0.39 is 5.97 Å². The van der Waals surface area contributed by atoms with Gasteiger partial charge in [-0.05, 0) is 19.3 Å². The maximum atomic E-state index is 10.6. The predicted molar refractivity (Wildman–Crippen MR) is 76.5 cm³/mol. The van der Waals surface area contributed by atoms with Gasteiger partial charge in [0.25, 0.3) is 0 Å². The van der Waals surface area contributed by atoms with E-state index >= 15 is 0 Å². The molecule has 0 spiro atoms. The number of rotatable bonds is 14. The molecule has 0 heterocycles. The van der Waals surface area contributed by atoms with Crippen LogP contribution in [-0.4, -0.2) is 37.0 Å². The van der Waals surface area contributed by atoms with Crippen molar-refractivity contribution in [3.8, 4) is 0 Å². The first-order chi connectivity index (χ1) is 9.20. The first kappa shape index (κ1) is 18.4. The molecule has 0 fully saturated rings. The van der Waals surface area contributed by atoms with Gasteiger partial charge in [-0.2, -0.15) is 0 Å². The van der Waals surface area contributed by atoms with Crippen molar-refractivity contribution in [3.05, 3.63) is 0 Å². The van der Waals surface area contributed by atoms with Gasteiger partial charge in [0.1, 0.15) is 0 Å². The zero-order chi connectivity index (χ0) is 14.3. The van der Waals surface area contributed by atoms with Gasteiger partial charge in [0.15, 0.2) is 0 Å². The van der Waals surface area contributed by atoms with E-state index in [9.17, 15) is 4.79 Å². The highest BCUT2D eigenvalue weighted by Gasteiger charge is 2.12. The van der Waals surface area contributed by atoms with Gasteiger partial charge in [0.2, 0.25) is 0 Å². The summed E-state index contributed by atoms with van der Waals surface area (Å²) in [6.07, 6.45) is 7.45. The number of aliphatic carboxylic acids is 1. The van der Waals surface area contributed by atoms with Crippen molar-refractivity contribution in [2.45, 2.75) is 71.3 Å². The van der Waals surface area contributed by atoms with Gasteiger partial charge in [-0.1, -0.05) is 39.5 Å². The lowest BCUT2D eigenvalue weighted by atomic mass is 10.1. The minimum atomic E-state index is -0.786. The van der Waals surface area contributed by atoms with Crippen molar-refractivity contribution in [1.29, 1.82) is 0 Å². The van der Waals surface area contributed by atoms with Crippen LogP contribution in [0.3, 0.4) is 0 Å². The molecule has 1 unspecified atom stereocenters. The molecule has 0 aromatic rings. The lowest BCUT2D eigenvalue weighted by molar-refractivity contribution is -0.140. The summed E-state index contributed by atoms with van der Waals surface area (Å²) < 4.78 is 11.1. The maximum absolute atomic E-state index is 10.6. The average molecular weight is 274 g/mol.